The Morgan fingerprint density at radius 2 is 1.87 bits per heavy atom. The van der Waals surface area contributed by atoms with E-state index in [1.165, 1.54) is 18.7 Å². The summed E-state index contributed by atoms with van der Waals surface area (Å²) in [5, 5.41) is 11.4. The summed E-state index contributed by atoms with van der Waals surface area (Å²) in [7, 11) is 1.63. The van der Waals surface area contributed by atoms with Gasteiger partial charge in [-0.25, -0.2) is 0 Å². The first-order chi connectivity index (χ1) is 14.5. The summed E-state index contributed by atoms with van der Waals surface area (Å²) in [6.45, 7) is 1.48. The number of hydrogen-bond donors (Lipinski definition) is 1. The lowest BCUT2D eigenvalue weighted by Gasteiger charge is -2.08. The molecular weight excluding hydrogens is 402 g/mol. The minimum Gasteiger partial charge on any atom is -0.497 e. The van der Waals surface area contributed by atoms with Gasteiger partial charge in [0.25, 0.3) is 5.22 Å². The topological polar surface area (TPSA) is 94.3 Å². The van der Waals surface area contributed by atoms with Gasteiger partial charge in [-0.05, 0) is 43.2 Å². The highest BCUT2D eigenvalue weighted by molar-refractivity contribution is 7.99. The van der Waals surface area contributed by atoms with Gasteiger partial charge in [0.2, 0.25) is 11.8 Å². The normalized spacial score (nSPS) is 10.6. The third-order valence-corrected chi connectivity index (χ3v) is 5.22. The molecule has 0 fully saturated rings. The van der Waals surface area contributed by atoms with Crippen LogP contribution in [0.15, 0.2) is 58.2 Å². The molecule has 1 N–H and O–H groups in total. The van der Waals surface area contributed by atoms with E-state index in [-0.39, 0.29) is 11.7 Å². The summed E-state index contributed by atoms with van der Waals surface area (Å²) in [6.07, 6.45) is 1.54. The number of ketones is 1. The second-order valence-electron chi connectivity index (χ2n) is 6.59. The standard InChI is InChI=1S/C22H23N3O4S/c1-15(26)18-6-3-4-7-19(18)23-20(27)8-5-13-30-22-25-24-21(29-22)14-16-9-11-17(28-2)12-10-16/h3-4,6-7,9-12H,5,8,13-14H2,1-2H3,(H,23,27). The number of ether oxygens (including phenoxy) is 1. The number of thioether (sulfide) groups is 1. The van der Waals surface area contributed by atoms with Gasteiger partial charge in [-0.15, -0.1) is 10.2 Å². The van der Waals surface area contributed by atoms with Gasteiger partial charge in [-0.3, -0.25) is 9.59 Å². The van der Waals surface area contributed by atoms with Crippen LogP contribution in [0.4, 0.5) is 5.69 Å². The molecule has 1 amide bonds. The van der Waals surface area contributed by atoms with Gasteiger partial charge in [0.15, 0.2) is 5.78 Å². The first kappa shape index (κ1) is 21.6. The Kier molecular flexibility index (Phi) is 7.62. The Hall–Kier alpha value is -3.13. The van der Waals surface area contributed by atoms with Crippen LogP contribution in [0.3, 0.4) is 0 Å². The molecule has 0 aliphatic rings. The molecule has 0 bridgehead atoms. The molecule has 156 valence electrons. The number of amides is 1. The van der Waals surface area contributed by atoms with E-state index in [4.69, 9.17) is 9.15 Å². The zero-order valence-electron chi connectivity index (χ0n) is 16.9. The summed E-state index contributed by atoms with van der Waals surface area (Å²) >= 11 is 1.42. The Morgan fingerprint density at radius 3 is 2.60 bits per heavy atom. The SMILES string of the molecule is COc1ccc(Cc2nnc(SCCCC(=O)Nc3ccccc3C(C)=O)o2)cc1. The molecule has 0 aliphatic carbocycles. The first-order valence-electron chi connectivity index (χ1n) is 9.53. The lowest BCUT2D eigenvalue weighted by Crippen LogP contribution is -2.13. The molecule has 0 saturated heterocycles. The number of para-hydroxylation sites is 1. The van der Waals surface area contributed by atoms with Crippen LogP contribution >= 0.6 is 11.8 Å². The van der Waals surface area contributed by atoms with Crippen molar-refractivity contribution in [1.82, 2.24) is 10.2 Å². The highest BCUT2D eigenvalue weighted by Crippen LogP contribution is 2.21. The van der Waals surface area contributed by atoms with Gasteiger partial charge in [0.1, 0.15) is 5.75 Å². The van der Waals surface area contributed by atoms with Gasteiger partial charge in [-0.1, -0.05) is 36.0 Å². The first-order valence-corrected chi connectivity index (χ1v) is 10.5. The van der Waals surface area contributed by atoms with E-state index in [1.54, 1.807) is 31.4 Å². The molecule has 0 aliphatic heterocycles. The molecule has 3 rings (SSSR count). The Labute approximate surface area is 179 Å². The summed E-state index contributed by atoms with van der Waals surface area (Å²) < 4.78 is 10.8. The summed E-state index contributed by atoms with van der Waals surface area (Å²) in [5.41, 5.74) is 2.11. The molecule has 1 heterocycles. The zero-order valence-corrected chi connectivity index (χ0v) is 17.7. The van der Waals surface area contributed by atoms with E-state index < -0.39 is 0 Å². The Balaban J connectivity index is 1.41. The van der Waals surface area contributed by atoms with E-state index in [0.717, 1.165) is 11.3 Å². The van der Waals surface area contributed by atoms with Crippen molar-refractivity contribution in [3.05, 3.63) is 65.5 Å². The molecular formula is C22H23N3O4S. The maximum Gasteiger partial charge on any atom is 0.276 e. The van der Waals surface area contributed by atoms with Gasteiger partial charge < -0.3 is 14.5 Å². The summed E-state index contributed by atoms with van der Waals surface area (Å²) in [5.74, 6) is 1.81. The molecule has 8 heteroatoms. The van der Waals surface area contributed by atoms with Crippen LogP contribution in [0, 0.1) is 0 Å². The van der Waals surface area contributed by atoms with E-state index in [2.05, 4.69) is 15.5 Å². The summed E-state index contributed by atoms with van der Waals surface area (Å²) in [6, 6.07) is 14.7. The molecule has 0 unspecified atom stereocenters. The zero-order chi connectivity index (χ0) is 21.3. The molecule has 1 aromatic heterocycles. The van der Waals surface area contributed by atoms with Crippen LogP contribution in [0.2, 0.25) is 0 Å². The fourth-order valence-corrected chi connectivity index (χ4v) is 3.51. The molecule has 0 radical (unpaired) electrons. The molecule has 3 aromatic rings. The molecule has 0 saturated carbocycles. The van der Waals surface area contributed by atoms with E-state index in [1.807, 2.05) is 24.3 Å². The van der Waals surface area contributed by atoms with Crippen LogP contribution < -0.4 is 10.1 Å². The van der Waals surface area contributed by atoms with Crippen molar-refractivity contribution in [2.24, 2.45) is 0 Å². The van der Waals surface area contributed by atoms with E-state index >= 15 is 0 Å². The fraction of sp³-hybridized carbons (Fsp3) is 0.273. The van der Waals surface area contributed by atoms with Gasteiger partial charge in [0, 0.05) is 17.7 Å². The Morgan fingerprint density at radius 1 is 1.10 bits per heavy atom. The van der Waals surface area contributed by atoms with Crippen LogP contribution in [0.1, 0.15) is 41.6 Å². The van der Waals surface area contributed by atoms with Crippen molar-refractivity contribution in [3.63, 3.8) is 0 Å². The number of aromatic nitrogens is 2. The monoisotopic (exact) mass is 425 g/mol. The third kappa shape index (κ3) is 6.18. The molecule has 0 spiro atoms. The van der Waals surface area contributed by atoms with Crippen LogP contribution in [0.25, 0.3) is 0 Å². The number of carbonyl (C=O) groups excluding carboxylic acids is 2. The number of nitrogens with zero attached hydrogens (tertiary/aromatic N) is 2. The maximum atomic E-state index is 12.2. The quantitative estimate of drug-likeness (QED) is 0.293. The van der Waals surface area contributed by atoms with Crippen molar-refractivity contribution in [3.8, 4) is 5.75 Å². The third-order valence-electron chi connectivity index (χ3n) is 4.32. The molecule has 30 heavy (non-hydrogen) atoms. The second kappa shape index (κ2) is 10.6. The Bertz CT molecular complexity index is 1000. The number of hydrogen-bond acceptors (Lipinski definition) is 7. The number of anilines is 1. The summed E-state index contributed by atoms with van der Waals surface area (Å²) in [4.78, 5) is 23.8. The van der Waals surface area contributed by atoms with E-state index in [0.29, 0.717) is 47.4 Å². The molecule has 7 nitrogen and oxygen atoms in total. The van der Waals surface area contributed by atoms with E-state index in [9.17, 15) is 9.59 Å². The number of Topliss-reactive ketones (excluding diaryl/α,β-unsaturated/α-hetero) is 1. The molecule has 0 atom stereocenters. The van der Waals surface area contributed by atoms with Gasteiger partial charge in [-0.2, -0.15) is 0 Å². The lowest BCUT2D eigenvalue weighted by molar-refractivity contribution is -0.116. The minimum atomic E-state index is -0.130. The number of methoxy groups -OCH3 is 1. The maximum absolute atomic E-state index is 12.2. The average molecular weight is 426 g/mol. The minimum absolute atomic E-state index is 0.0803. The fourth-order valence-electron chi connectivity index (χ4n) is 2.79. The van der Waals surface area contributed by atoms with Crippen molar-refractivity contribution in [1.29, 1.82) is 0 Å². The number of benzene rings is 2. The number of carbonyl (C=O) groups is 2. The van der Waals surface area contributed by atoms with Crippen LogP contribution in [-0.2, 0) is 11.2 Å². The smallest absolute Gasteiger partial charge is 0.276 e. The second-order valence-corrected chi connectivity index (χ2v) is 7.63. The average Bonchev–Trinajstić information content (AvgIpc) is 3.19. The lowest BCUT2D eigenvalue weighted by atomic mass is 10.1. The van der Waals surface area contributed by atoms with Crippen molar-refractivity contribution >= 4 is 29.1 Å². The predicted octanol–water partition coefficient (Wildman–Crippen LogP) is 4.38. The largest absolute Gasteiger partial charge is 0.497 e. The number of rotatable bonds is 10. The highest BCUT2D eigenvalue weighted by atomic mass is 32.2. The van der Waals surface area contributed by atoms with Crippen molar-refractivity contribution < 1.29 is 18.7 Å². The highest BCUT2D eigenvalue weighted by Gasteiger charge is 2.11. The van der Waals surface area contributed by atoms with Crippen LogP contribution in [0.5, 0.6) is 5.75 Å². The predicted molar refractivity (Wildman–Crippen MR) is 115 cm³/mol. The van der Waals surface area contributed by atoms with Crippen molar-refractivity contribution in [2.45, 2.75) is 31.4 Å². The van der Waals surface area contributed by atoms with Gasteiger partial charge in [0.05, 0.1) is 19.2 Å². The van der Waals surface area contributed by atoms with Crippen molar-refractivity contribution in [2.75, 3.05) is 18.2 Å². The molecule has 2 aromatic carbocycles. The van der Waals surface area contributed by atoms with Gasteiger partial charge >= 0.3 is 0 Å². The number of nitrogens with one attached hydrogen (secondary N) is 1. The van der Waals surface area contributed by atoms with Crippen LogP contribution in [-0.4, -0.2) is 34.8 Å².